The van der Waals surface area contributed by atoms with Gasteiger partial charge in [0.2, 0.25) is 5.91 Å². The second-order valence-corrected chi connectivity index (χ2v) is 7.25. The van der Waals surface area contributed by atoms with E-state index in [-0.39, 0.29) is 12.4 Å². The summed E-state index contributed by atoms with van der Waals surface area (Å²) in [5, 5.41) is 3.67. The van der Waals surface area contributed by atoms with E-state index in [1.54, 1.807) is 0 Å². The lowest BCUT2D eigenvalue weighted by molar-refractivity contribution is -0.137. The van der Waals surface area contributed by atoms with Gasteiger partial charge in [-0.15, -0.1) is 12.4 Å². The van der Waals surface area contributed by atoms with Crippen molar-refractivity contribution in [3.05, 3.63) is 0 Å². The van der Waals surface area contributed by atoms with E-state index >= 15 is 0 Å². The molecule has 1 saturated carbocycles. The summed E-state index contributed by atoms with van der Waals surface area (Å²) >= 11 is 0. The van der Waals surface area contributed by atoms with Crippen LogP contribution in [0, 0.1) is 5.92 Å². The number of halogens is 1. The van der Waals surface area contributed by atoms with Crippen LogP contribution in [0.4, 0.5) is 0 Å². The van der Waals surface area contributed by atoms with E-state index in [2.05, 4.69) is 17.3 Å². The molecular weight excluding hydrogens is 284 g/mol. The molecule has 0 aromatic rings. The van der Waals surface area contributed by atoms with Crippen molar-refractivity contribution in [2.75, 3.05) is 7.05 Å². The van der Waals surface area contributed by atoms with Gasteiger partial charge in [-0.2, -0.15) is 0 Å². The van der Waals surface area contributed by atoms with E-state index in [4.69, 9.17) is 0 Å². The Hall–Kier alpha value is -0.280. The van der Waals surface area contributed by atoms with Gasteiger partial charge in [-0.05, 0) is 38.5 Å². The van der Waals surface area contributed by atoms with Crippen molar-refractivity contribution in [1.82, 2.24) is 10.2 Å². The predicted molar refractivity (Wildman–Crippen MR) is 88.8 cm³/mol. The average molecular weight is 315 g/mol. The van der Waals surface area contributed by atoms with E-state index in [1.807, 2.05) is 0 Å². The minimum absolute atomic E-state index is 0. The first-order valence-corrected chi connectivity index (χ1v) is 8.77. The van der Waals surface area contributed by atoms with Crippen LogP contribution in [0.15, 0.2) is 0 Å². The molecule has 1 amide bonds. The third-order valence-electron chi connectivity index (χ3n) is 5.80. The first-order valence-electron chi connectivity index (χ1n) is 8.77. The van der Waals surface area contributed by atoms with Crippen molar-refractivity contribution < 1.29 is 4.79 Å². The minimum atomic E-state index is 0. The molecule has 0 aromatic carbocycles. The van der Waals surface area contributed by atoms with Gasteiger partial charge in [0.05, 0.1) is 0 Å². The monoisotopic (exact) mass is 314 g/mol. The van der Waals surface area contributed by atoms with Crippen LogP contribution in [0.5, 0.6) is 0 Å². The zero-order valence-electron chi connectivity index (χ0n) is 13.4. The third kappa shape index (κ3) is 4.13. The van der Waals surface area contributed by atoms with Gasteiger partial charge in [-0.1, -0.05) is 32.1 Å². The molecule has 2 atom stereocenters. The van der Waals surface area contributed by atoms with Gasteiger partial charge in [0.1, 0.15) is 0 Å². The van der Waals surface area contributed by atoms with Crippen LogP contribution in [0.3, 0.4) is 0 Å². The Kier molecular flexibility index (Phi) is 6.36. The lowest BCUT2D eigenvalue weighted by atomic mass is 9.89. The zero-order chi connectivity index (χ0) is 13.9. The largest absolute Gasteiger partial charge is 0.342 e. The highest BCUT2D eigenvalue weighted by Crippen LogP contribution is 2.31. The van der Waals surface area contributed by atoms with Crippen molar-refractivity contribution in [2.24, 2.45) is 5.92 Å². The lowest BCUT2D eigenvalue weighted by Crippen LogP contribution is -2.50. The van der Waals surface area contributed by atoms with Crippen LogP contribution in [0.25, 0.3) is 0 Å². The van der Waals surface area contributed by atoms with E-state index in [0.717, 1.165) is 12.8 Å². The van der Waals surface area contributed by atoms with Crippen LogP contribution in [0.1, 0.15) is 70.6 Å². The fraction of sp³-hybridized carbons (Fsp3) is 0.941. The topological polar surface area (TPSA) is 32.3 Å². The van der Waals surface area contributed by atoms with Crippen LogP contribution in [-0.4, -0.2) is 36.0 Å². The first kappa shape index (κ1) is 17.1. The number of nitrogens with one attached hydrogen (secondary N) is 1. The average Bonchev–Trinajstić information content (AvgIpc) is 2.75. The van der Waals surface area contributed by atoms with Crippen molar-refractivity contribution >= 4 is 18.3 Å². The highest BCUT2D eigenvalue weighted by atomic mass is 35.5. The molecule has 3 nitrogen and oxygen atoms in total. The summed E-state index contributed by atoms with van der Waals surface area (Å²) in [6.45, 7) is 0. The highest BCUT2D eigenvalue weighted by Gasteiger charge is 2.37. The molecule has 2 heterocycles. The van der Waals surface area contributed by atoms with Crippen LogP contribution in [-0.2, 0) is 4.79 Å². The normalized spacial score (nSPS) is 33.7. The second-order valence-electron chi connectivity index (χ2n) is 7.25. The molecular formula is C17H31ClN2O. The van der Waals surface area contributed by atoms with E-state index < -0.39 is 0 Å². The van der Waals surface area contributed by atoms with Gasteiger partial charge in [-0.25, -0.2) is 0 Å². The maximum Gasteiger partial charge on any atom is 0.225 e. The van der Waals surface area contributed by atoms with Crippen molar-refractivity contribution in [2.45, 2.75) is 88.8 Å². The molecule has 4 heteroatoms. The maximum atomic E-state index is 12.8. The maximum absolute atomic E-state index is 12.8. The quantitative estimate of drug-likeness (QED) is 0.846. The number of hydrogen-bond donors (Lipinski definition) is 1. The summed E-state index contributed by atoms with van der Waals surface area (Å²) in [6.07, 6.45) is 13.7. The van der Waals surface area contributed by atoms with Gasteiger partial charge in [0, 0.05) is 31.1 Å². The molecule has 3 rings (SSSR count). The molecule has 2 aliphatic heterocycles. The predicted octanol–water partition coefficient (Wildman–Crippen LogP) is 3.51. The van der Waals surface area contributed by atoms with Gasteiger partial charge >= 0.3 is 0 Å². The van der Waals surface area contributed by atoms with E-state index in [0.29, 0.717) is 30.0 Å². The number of rotatable bonds is 2. The summed E-state index contributed by atoms with van der Waals surface area (Å²) < 4.78 is 0. The molecule has 2 unspecified atom stereocenters. The Balaban J connectivity index is 0.00000161. The highest BCUT2D eigenvalue weighted by molar-refractivity contribution is 5.85. The summed E-state index contributed by atoms with van der Waals surface area (Å²) in [5.74, 6) is 0.756. The molecule has 0 aromatic heterocycles. The summed E-state index contributed by atoms with van der Waals surface area (Å²) in [7, 11) is 2.07. The Bertz CT molecular complexity index is 330. The van der Waals surface area contributed by atoms with Gasteiger partial charge in [0.15, 0.2) is 0 Å². The number of hydrogen-bond acceptors (Lipinski definition) is 2. The molecule has 122 valence electrons. The van der Waals surface area contributed by atoms with Crippen molar-refractivity contribution in [3.8, 4) is 0 Å². The summed E-state index contributed by atoms with van der Waals surface area (Å²) in [6, 6.07) is 1.84. The lowest BCUT2D eigenvalue weighted by Gasteiger charge is -2.37. The van der Waals surface area contributed by atoms with E-state index in [9.17, 15) is 4.79 Å². The summed E-state index contributed by atoms with van der Waals surface area (Å²) in [5.41, 5.74) is 0. The molecule has 2 bridgehead atoms. The number of nitrogens with zero attached hydrogens (tertiary/aromatic N) is 1. The number of carbonyl (C=O) groups is 1. The minimum Gasteiger partial charge on any atom is -0.342 e. The standard InChI is InChI=1S/C17H30N2O.ClH/c1-19(16-11-14-9-10-15(12-16)18-14)17(20)13-7-5-3-2-4-6-8-13;/h13-16,18H,2-12H2,1H3;1H. The molecule has 3 aliphatic rings. The second kappa shape index (κ2) is 7.82. The summed E-state index contributed by atoms with van der Waals surface area (Å²) in [4.78, 5) is 14.9. The number of fused-ring (bicyclic) bond motifs is 2. The van der Waals surface area contributed by atoms with Crippen LogP contribution < -0.4 is 5.32 Å². The Morgan fingerprint density at radius 3 is 2.00 bits per heavy atom. The number of carbonyl (C=O) groups excluding carboxylic acids is 1. The van der Waals surface area contributed by atoms with Gasteiger partial charge < -0.3 is 10.2 Å². The first-order chi connectivity index (χ1) is 9.74. The molecule has 3 fully saturated rings. The Labute approximate surface area is 135 Å². The smallest absolute Gasteiger partial charge is 0.225 e. The van der Waals surface area contributed by atoms with Crippen LogP contribution >= 0.6 is 12.4 Å². The van der Waals surface area contributed by atoms with Crippen molar-refractivity contribution in [3.63, 3.8) is 0 Å². The SMILES string of the molecule is CN(C(=O)C1CCCCCCC1)C1CC2CCC(C1)N2.Cl. The molecule has 21 heavy (non-hydrogen) atoms. The van der Waals surface area contributed by atoms with Crippen LogP contribution in [0.2, 0.25) is 0 Å². The molecule has 1 N–H and O–H groups in total. The Morgan fingerprint density at radius 1 is 0.905 bits per heavy atom. The fourth-order valence-corrected chi connectivity index (χ4v) is 4.51. The van der Waals surface area contributed by atoms with Crippen molar-refractivity contribution in [1.29, 1.82) is 0 Å². The molecule has 0 spiro atoms. The third-order valence-corrected chi connectivity index (χ3v) is 5.80. The van der Waals surface area contributed by atoms with Gasteiger partial charge in [-0.3, -0.25) is 4.79 Å². The molecule has 2 saturated heterocycles. The molecule has 0 radical (unpaired) electrons. The molecule has 1 aliphatic carbocycles. The van der Waals surface area contributed by atoms with E-state index in [1.165, 1.54) is 57.8 Å². The Morgan fingerprint density at radius 2 is 1.43 bits per heavy atom. The fourth-order valence-electron chi connectivity index (χ4n) is 4.51. The van der Waals surface area contributed by atoms with Gasteiger partial charge in [0.25, 0.3) is 0 Å². The number of piperidine rings is 1. The number of amides is 1. The zero-order valence-corrected chi connectivity index (χ0v) is 14.2.